The molecule has 0 aromatic heterocycles. The van der Waals surface area contributed by atoms with Gasteiger partial charge in [0.2, 0.25) is 5.91 Å². The van der Waals surface area contributed by atoms with Gasteiger partial charge in [0.1, 0.15) is 0 Å². The molecule has 0 unspecified atom stereocenters. The summed E-state index contributed by atoms with van der Waals surface area (Å²) in [4.78, 5) is 22.7. The second kappa shape index (κ2) is 9.22. The van der Waals surface area contributed by atoms with Crippen molar-refractivity contribution in [3.05, 3.63) is 26.6 Å². The molecule has 5 nitrogen and oxygen atoms in total. The molecule has 0 radical (unpaired) electrons. The first-order valence-corrected chi connectivity index (χ1v) is 8.67. The van der Waals surface area contributed by atoms with Crippen molar-refractivity contribution < 1.29 is 14.7 Å². The van der Waals surface area contributed by atoms with E-state index in [0.717, 1.165) is 19.3 Å². The van der Waals surface area contributed by atoms with Gasteiger partial charge >= 0.3 is 5.97 Å². The van der Waals surface area contributed by atoms with Gasteiger partial charge in [-0.3, -0.25) is 4.79 Å². The first-order chi connectivity index (χ1) is 10.3. The summed E-state index contributed by atoms with van der Waals surface area (Å²) in [6.07, 6.45) is 3.30. The van der Waals surface area contributed by atoms with Crippen molar-refractivity contribution in [1.82, 2.24) is 5.32 Å². The summed E-state index contributed by atoms with van der Waals surface area (Å²) in [7, 11) is 0. The molecule has 1 aromatic rings. The maximum atomic E-state index is 11.7. The monoisotopic (exact) mass is 450 g/mol. The topological polar surface area (TPSA) is 78.4 Å². The number of aromatic carboxylic acids is 1. The van der Waals surface area contributed by atoms with Gasteiger partial charge in [0.15, 0.2) is 5.11 Å². The molecule has 0 saturated heterocycles. The SMILES string of the molecule is CCCCCC(=O)NC(=S)Nc1c(Br)cc(C(=O)O)cc1Br. The van der Waals surface area contributed by atoms with E-state index < -0.39 is 5.97 Å². The van der Waals surface area contributed by atoms with Crippen LogP contribution in [0.4, 0.5) is 5.69 Å². The fraction of sp³-hybridized carbons (Fsp3) is 0.357. The van der Waals surface area contributed by atoms with Crippen LogP contribution < -0.4 is 10.6 Å². The Labute approximate surface area is 151 Å². The molecule has 1 aromatic carbocycles. The number of amides is 1. The Morgan fingerprint density at radius 1 is 1.23 bits per heavy atom. The average molecular weight is 452 g/mol. The Bertz CT molecular complexity index is 570. The average Bonchev–Trinajstić information content (AvgIpc) is 2.42. The zero-order valence-corrected chi connectivity index (χ0v) is 15.9. The standard InChI is InChI=1S/C14H16Br2N2O3S/c1-2-3-4-5-11(19)17-14(22)18-12-9(15)6-8(13(20)21)7-10(12)16/h6-7H,2-5H2,1H3,(H,20,21)(H2,17,18,19,22). The number of carbonyl (C=O) groups is 2. The second-order valence-corrected chi connectivity index (χ2v) is 6.70. The number of carbonyl (C=O) groups excluding carboxylic acids is 1. The highest BCUT2D eigenvalue weighted by Gasteiger charge is 2.13. The fourth-order valence-electron chi connectivity index (χ4n) is 1.69. The van der Waals surface area contributed by atoms with Gasteiger partial charge in [0.05, 0.1) is 11.3 Å². The van der Waals surface area contributed by atoms with Gasteiger partial charge in [-0.2, -0.15) is 0 Å². The Morgan fingerprint density at radius 2 is 1.82 bits per heavy atom. The molecule has 0 bridgehead atoms. The molecule has 0 atom stereocenters. The lowest BCUT2D eigenvalue weighted by atomic mass is 10.2. The molecule has 0 aliphatic rings. The number of rotatable bonds is 6. The molecule has 0 heterocycles. The lowest BCUT2D eigenvalue weighted by Gasteiger charge is -2.13. The summed E-state index contributed by atoms with van der Waals surface area (Å²) < 4.78 is 1.06. The number of benzene rings is 1. The van der Waals surface area contributed by atoms with Crippen molar-refractivity contribution in [2.75, 3.05) is 5.32 Å². The Kier molecular flexibility index (Phi) is 7.98. The van der Waals surface area contributed by atoms with Gasteiger partial charge in [-0.05, 0) is 62.6 Å². The highest BCUT2D eigenvalue weighted by Crippen LogP contribution is 2.32. The van der Waals surface area contributed by atoms with E-state index in [0.29, 0.717) is 21.1 Å². The normalized spacial score (nSPS) is 10.1. The van der Waals surface area contributed by atoms with Crippen LogP contribution in [-0.2, 0) is 4.79 Å². The van der Waals surface area contributed by atoms with Gasteiger partial charge in [0.25, 0.3) is 0 Å². The van der Waals surface area contributed by atoms with Gasteiger partial charge in [-0.1, -0.05) is 19.8 Å². The summed E-state index contributed by atoms with van der Waals surface area (Å²) >= 11 is 11.7. The third-order valence-electron chi connectivity index (χ3n) is 2.79. The highest BCUT2D eigenvalue weighted by molar-refractivity contribution is 9.11. The number of hydrogen-bond donors (Lipinski definition) is 3. The number of halogens is 2. The minimum Gasteiger partial charge on any atom is -0.478 e. The van der Waals surface area contributed by atoms with E-state index in [-0.39, 0.29) is 16.6 Å². The summed E-state index contributed by atoms with van der Waals surface area (Å²) in [6.45, 7) is 2.07. The summed E-state index contributed by atoms with van der Waals surface area (Å²) in [6, 6.07) is 2.92. The summed E-state index contributed by atoms with van der Waals surface area (Å²) in [5.74, 6) is -1.17. The number of carboxylic acids is 1. The van der Waals surface area contributed by atoms with E-state index in [1.165, 1.54) is 12.1 Å². The first-order valence-electron chi connectivity index (χ1n) is 6.68. The number of hydrogen-bond acceptors (Lipinski definition) is 3. The lowest BCUT2D eigenvalue weighted by molar-refractivity contribution is -0.119. The van der Waals surface area contributed by atoms with Crippen LogP contribution in [-0.4, -0.2) is 22.1 Å². The van der Waals surface area contributed by atoms with Gasteiger partial charge in [-0.15, -0.1) is 0 Å². The van der Waals surface area contributed by atoms with Crippen molar-refractivity contribution in [2.45, 2.75) is 32.6 Å². The summed E-state index contributed by atoms with van der Waals surface area (Å²) in [5.41, 5.74) is 0.697. The Hall–Kier alpha value is -0.990. The first kappa shape index (κ1) is 19.1. The van der Waals surface area contributed by atoms with Crippen molar-refractivity contribution in [3.8, 4) is 0 Å². The summed E-state index contributed by atoms with van der Waals surface area (Å²) in [5, 5.41) is 14.6. The third-order valence-corrected chi connectivity index (χ3v) is 4.24. The number of carboxylic acid groups (broad SMARTS) is 1. The van der Waals surface area contributed by atoms with Crippen LogP contribution in [0.2, 0.25) is 0 Å². The smallest absolute Gasteiger partial charge is 0.335 e. The van der Waals surface area contributed by atoms with Crippen molar-refractivity contribution in [3.63, 3.8) is 0 Å². The van der Waals surface area contributed by atoms with Gasteiger partial charge < -0.3 is 15.7 Å². The molecule has 8 heteroatoms. The second-order valence-electron chi connectivity index (χ2n) is 4.58. The van der Waals surface area contributed by atoms with Crippen LogP contribution in [0, 0.1) is 0 Å². The zero-order chi connectivity index (χ0) is 16.7. The van der Waals surface area contributed by atoms with Crippen LogP contribution in [0.15, 0.2) is 21.1 Å². The quantitative estimate of drug-likeness (QED) is 0.443. The predicted molar refractivity (Wildman–Crippen MR) is 97.3 cm³/mol. The van der Waals surface area contributed by atoms with Crippen LogP contribution in [0.1, 0.15) is 43.0 Å². The Morgan fingerprint density at radius 3 is 2.32 bits per heavy atom. The third kappa shape index (κ3) is 6.02. The van der Waals surface area contributed by atoms with Crippen molar-refractivity contribution in [1.29, 1.82) is 0 Å². The Balaban J connectivity index is 2.68. The largest absolute Gasteiger partial charge is 0.478 e. The molecule has 120 valence electrons. The number of nitrogens with one attached hydrogen (secondary N) is 2. The number of anilines is 1. The maximum absolute atomic E-state index is 11.7. The molecule has 0 saturated carbocycles. The fourth-order valence-corrected chi connectivity index (χ4v) is 3.29. The molecule has 22 heavy (non-hydrogen) atoms. The molecule has 1 amide bonds. The van der Waals surface area contributed by atoms with E-state index in [2.05, 4.69) is 49.4 Å². The van der Waals surface area contributed by atoms with Crippen LogP contribution in [0.25, 0.3) is 0 Å². The molecule has 0 aliphatic heterocycles. The van der Waals surface area contributed by atoms with E-state index in [9.17, 15) is 9.59 Å². The van der Waals surface area contributed by atoms with Gasteiger partial charge in [0, 0.05) is 15.4 Å². The van der Waals surface area contributed by atoms with Crippen molar-refractivity contribution >= 4 is 66.8 Å². The zero-order valence-electron chi connectivity index (χ0n) is 11.9. The number of unbranched alkanes of at least 4 members (excludes halogenated alkanes) is 2. The van der Waals surface area contributed by atoms with E-state index in [1.54, 1.807) is 0 Å². The molecule has 0 spiro atoms. The molecule has 0 aliphatic carbocycles. The van der Waals surface area contributed by atoms with Crippen LogP contribution in [0.5, 0.6) is 0 Å². The molecule has 1 rings (SSSR count). The van der Waals surface area contributed by atoms with E-state index in [4.69, 9.17) is 17.3 Å². The van der Waals surface area contributed by atoms with Crippen LogP contribution >= 0.6 is 44.1 Å². The number of thiocarbonyl (C=S) groups is 1. The van der Waals surface area contributed by atoms with E-state index >= 15 is 0 Å². The molecular weight excluding hydrogens is 436 g/mol. The highest BCUT2D eigenvalue weighted by atomic mass is 79.9. The molecule has 0 fully saturated rings. The minimum absolute atomic E-state index is 0.138. The van der Waals surface area contributed by atoms with E-state index in [1.807, 2.05) is 0 Å². The minimum atomic E-state index is -1.03. The molecule has 3 N–H and O–H groups in total. The maximum Gasteiger partial charge on any atom is 0.335 e. The molecular formula is C14H16Br2N2O3S. The predicted octanol–water partition coefficient (Wildman–Crippen LogP) is 4.30. The van der Waals surface area contributed by atoms with Crippen molar-refractivity contribution in [2.24, 2.45) is 0 Å². The van der Waals surface area contributed by atoms with Gasteiger partial charge in [-0.25, -0.2) is 4.79 Å². The van der Waals surface area contributed by atoms with Crippen LogP contribution in [0.3, 0.4) is 0 Å². The lowest BCUT2D eigenvalue weighted by Crippen LogP contribution is -2.34.